The van der Waals surface area contributed by atoms with Crippen LogP contribution >= 0.6 is 11.6 Å². The first-order valence-electron chi connectivity index (χ1n) is 7.90. The molecular formula is C18H15ClF5NO. The van der Waals surface area contributed by atoms with Crippen molar-refractivity contribution in [3.63, 3.8) is 0 Å². The predicted molar refractivity (Wildman–Crippen MR) is 86.7 cm³/mol. The molecule has 0 N–H and O–H groups in total. The number of likely N-dealkylation sites (tertiary alicyclic amines) is 1. The van der Waals surface area contributed by atoms with Crippen molar-refractivity contribution in [2.75, 3.05) is 20.1 Å². The van der Waals surface area contributed by atoms with Crippen molar-refractivity contribution in [3.05, 3.63) is 63.9 Å². The molecule has 0 aromatic heterocycles. The molecule has 0 bridgehead atoms. The van der Waals surface area contributed by atoms with E-state index in [4.69, 9.17) is 16.3 Å². The third-order valence-electron chi connectivity index (χ3n) is 4.63. The maximum absolute atomic E-state index is 14.1. The fourth-order valence-corrected chi connectivity index (χ4v) is 3.18. The van der Waals surface area contributed by atoms with Gasteiger partial charge in [0.2, 0.25) is 29.1 Å². The van der Waals surface area contributed by atoms with Crippen molar-refractivity contribution in [1.82, 2.24) is 4.90 Å². The Hall–Kier alpha value is -1.86. The zero-order valence-corrected chi connectivity index (χ0v) is 14.5. The van der Waals surface area contributed by atoms with Crippen LogP contribution in [0.3, 0.4) is 0 Å². The average molecular weight is 392 g/mol. The Morgan fingerprint density at radius 2 is 1.31 bits per heavy atom. The molecule has 0 radical (unpaired) electrons. The fraction of sp³-hybridized carbons (Fsp3) is 0.333. The fourth-order valence-electron chi connectivity index (χ4n) is 3.05. The minimum atomic E-state index is -2.21. The van der Waals surface area contributed by atoms with E-state index in [1.165, 1.54) is 0 Å². The molecule has 8 heteroatoms. The van der Waals surface area contributed by atoms with E-state index in [2.05, 4.69) is 0 Å². The smallest absolute Gasteiger partial charge is 0.207 e. The Morgan fingerprint density at radius 3 is 1.81 bits per heavy atom. The summed E-state index contributed by atoms with van der Waals surface area (Å²) in [5, 5.41) is 0.452. The molecule has 1 aliphatic rings. The molecule has 3 rings (SSSR count). The van der Waals surface area contributed by atoms with E-state index in [9.17, 15) is 22.0 Å². The van der Waals surface area contributed by atoms with E-state index in [0.29, 0.717) is 36.5 Å². The molecule has 2 aromatic carbocycles. The summed E-state index contributed by atoms with van der Waals surface area (Å²) in [7, 11) is 1.87. The number of hydrogen-bond acceptors (Lipinski definition) is 2. The molecule has 140 valence electrons. The van der Waals surface area contributed by atoms with Gasteiger partial charge < -0.3 is 9.64 Å². The summed E-state index contributed by atoms with van der Waals surface area (Å²) in [4.78, 5) is 1.98. The van der Waals surface area contributed by atoms with Gasteiger partial charge >= 0.3 is 0 Å². The number of rotatable bonds is 3. The van der Waals surface area contributed by atoms with E-state index in [1.54, 1.807) is 24.3 Å². The van der Waals surface area contributed by atoms with Crippen molar-refractivity contribution < 1.29 is 26.7 Å². The second-order valence-electron chi connectivity index (χ2n) is 6.31. The van der Waals surface area contributed by atoms with Crippen LogP contribution < -0.4 is 4.74 Å². The molecule has 1 heterocycles. The van der Waals surface area contributed by atoms with Gasteiger partial charge in [0.05, 0.1) is 0 Å². The van der Waals surface area contributed by atoms with Crippen LogP contribution in [0.2, 0.25) is 5.02 Å². The van der Waals surface area contributed by atoms with Crippen molar-refractivity contribution in [1.29, 1.82) is 0 Å². The standard InChI is InChI=1S/C18H15ClF5NO/c1-25-8-6-18(7-9-25,10-2-4-11(19)5-3-10)26-17-15(23)13(21)12(20)14(22)16(17)24/h2-5H,6-9H2,1H3. The third-order valence-corrected chi connectivity index (χ3v) is 4.88. The second-order valence-corrected chi connectivity index (χ2v) is 6.74. The third kappa shape index (κ3) is 3.25. The normalized spacial score (nSPS) is 17.3. The molecule has 26 heavy (non-hydrogen) atoms. The molecule has 0 unspecified atom stereocenters. The van der Waals surface area contributed by atoms with Gasteiger partial charge in [0.1, 0.15) is 5.60 Å². The Labute approximate surface area is 152 Å². The van der Waals surface area contributed by atoms with Crippen molar-refractivity contribution in [2.45, 2.75) is 18.4 Å². The van der Waals surface area contributed by atoms with Gasteiger partial charge in [-0.25, -0.2) is 13.2 Å². The number of ether oxygens (including phenoxy) is 1. The SMILES string of the molecule is CN1CCC(Oc2c(F)c(F)c(F)c(F)c2F)(c2ccc(Cl)cc2)CC1. The van der Waals surface area contributed by atoms with Gasteiger partial charge in [0.15, 0.2) is 5.75 Å². The van der Waals surface area contributed by atoms with Crippen LogP contribution in [-0.4, -0.2) is 25.0 Å². The number of halogens is 6. The van der Waals surface area contributed by atoms with E-state index < -0.39 is 40.4 Å². The Kier molecular flexibility index (Phi) is 5.12. The molecule has 0 amide bonds. The summed E-state index contributed by atoms with van der Waals surface area (Å²) in [6, 6.07) is 6.41. The number of nitrogens with zero attached hydrogens (tertiary/aromatic N) is 1. The molecule has 0 aliphatic carbocycles. The summed E-state index contributed by atoms with van der Waals surface area (Å²) in [6.45, 7) is 1.05. The molecule has 2 aromatic rings. The highest BCUT2D eigenvalue weighted by atomic mass is 35.5. The maximum atomic E-state index is 14.1. The van der Waals surface area contributed by atoms with Crippen LogP contribution in [-0.2, 0) is 5.60 Å². The second kappa shape index (κ2) is 7.04. The van der Waals surface area contributed by atoms with E-state index in [1.807, 2.05) is 11.9 Å². The van der Waals surface area contributed by atoms with Gasteiger partial charge in [-0.15, -0.1) is 0 Å². The van der Waals surface area contributed by atoms with Gasteiger partial charge in [-0.3, -0.25) is 0 Å². The van der Waals surface area contributed by atoms with Crippen molar-refractivity contribution in [2.24, 2.45) is 0 Å². The van der Waals surface area contributed by atoms with Gasteiger partial charge in [-0.2, -0.15) is 8.78 Å². The highest BCUT2D eigenvalue weighted by Gasteiger charge is 2.40. The monoisotopic (exact) mass is 391 g/mol. The highest BCUT2D eigenvalue weighted by Crippen LogP contribution is 2.41. The molecular weight excluding hydrogens is 377 g/mol. The first kappa shape index (κ1) is 18.9. The van der Waals surface area contributed by atoms with Gasteiger partial charge in [0.25, 0.3) is 0 Å². The van der Waals surface area contributed by atoms with Gasteiger partial charge in [-0.1, -0.05) is 23.7 Å². The minimum absolute atomic E-state index is 0.310. The molecule has 2 nitrogen and oxygen atoms in total. The van der Waals surface area contributed by atoms with Crippen LogP contribution in [0, 0.1) is 29.1 Å². The summed E-state index contributed by atoms with van der Waals surface area (Å²) >= 11 is 5.88. The van der Waals surface area contributed by atoms with Crippen LogP contribution in [0.25, 0.3) is 0 Å². The molecule has 0 atom stereocenters. The van der Waals surface area contributed by atoms with E-state index in [0.717, 1.165) is 0 Å². The minimum Gasteiger partial charge on any atom is -0.476 e. The lowest BCUT2D eigenvalue weighted by Crippen LogP contribution is -2.45. The average Bonchev–Trinajstić information content (AvgIpc) is 2.64. The zero-order chi connectivity index (χ0) is 19.1. The van der Waals surface area contributed by atoms with E-state index >= 15 is 0 Å². The summed E-state index contributed by atoms with van der Waals surface area (Å²) in [6.07, 6.45) is 0.620. The first-order valence-corrected chi connectivity index (χ1v) is 8.28. The van der Waals surface area contributed by atoms with E-state index in [-0.39, 0.29) is 0 Å². The lowest BCUT2D eigenvalue weighted by Gasteiger charge is -2.41. The van der Waals surface area contributed by atoms with Gasteiger partial charge in [0, 0.05) is 31.0 Å². The van der Waals surface area contributed by atoms with Crippen LogP contribution in [0.15, 0.2) is 24.3 Å². The topological polar surface area (TPSA) is 12.5 Å². The lowest BCUT2D eigenvalue weighted by atomic mass is 9.84. The molecule has 0 saturated carbocycles. The quantitative estimate of drug-likeness (QED) is 0.413. The zero-order valence-electron chi connectivity index (χ0n) is 13.8. The molecule has 1 fully saturated rings. The number of hydrogen-bond donors (Lipinski definition) is 0. The predicted octanol–water partition coefficient (Wildman–Crippen LogP) is 5.04. The Balaban J connectivity index is 2.09. The summed E-state index contributed by atoms with van der Waals surface area (Å²) in [5.74, 6) is -11.5. The first-order chi connectivity index (χ1) is 12.2. The highest BCUT2D eigenvalue weighted by molar-refractivity contribution is 6.30. The summed E-state index contributed by atoms with van der Waals surface area (Å²) < 4.78 is 74.1. The Morgan fingerprint density at radius 1 is 0.846 bits per heavy atom. The number of piperidine rings is 1. The van der Waals surface area contributed by atoms with Gasteiger partial charge in [-0.05, 0) is 24.7 Å². The summed E-state index contributed by atoms with van der Waals surface area (Å²) in [5.41, 5.74) is -0.672. The van der Waals surface area contributed by atoms with Crippen molar-refractivity contribution in [3.8, 4) is 5.75 Å². The van der Waals surface area contributed by atoms with Crippen molar-refractivity contribution >= 4 is 11.6 Å². The van der Waals surface area contributed by atoms with Crippen LogP contribution in [0.4, 0.5) is 22.0 Å². The molecule has 0 spiro atoms. The Bertz CT molecular complexity index is 790. The number of benzene rings is 2. The van der Waals surface area contributed by atoms with Crippen LogP contribution in [0.5, 0.6) is 5.75 Å². The molecule has 1 aliphatic heterocycles. The molecule has 1 saturated heterocycles. The lowest BCUT2D eigenvalue weighted by molar-refractivity contribution is -0.00381. The van der Waals surface area contributed by atoms with Crippen LogP contribution in [0.1, 0.15) is 18.4 Å². The maximum Gasteiger partial charge on any atom is 0.207 e. The largest absolute Gasteiger partial charge is 0.476 e.